The first-order valence-corrected chi connectivity index (χ1v) is 8.54. The summed E-state index contributed by atoms with van der Waals surface area (Å²) in [5.41, 5.74) is 2.03. The number of hydrogen-bond acceptors (Lipinski definition) is 2. The van der Waals surface area contributed by atoms with E-state index in [9.17, 15) is 0 Å². The van der Waals surface area contributed by atoms with E-state index >= 15 is 0 Å². The van der Waals surface area contributed by atoms with Crippen molar-refractivity contribution >= 4 is 27.5 Å². The second-order valence-electron chi connectivity index (χ2n) is 5.11. The molecular formula is C17H20BrClN2. The zero-order valence-corrected chi connectivity index (χ0v) is 15.0. The van der Waals surface area contributed by atoms with Gasteiger partial charge in [-0.3, -0.25) is 0 Å². The van der Waals surface area contributed by atoms with Crippen LogP contribution in [0.5, 0.6) is 0 Å². The topological polar surface area (TPSA) is 25.8 Å². The maximum absolute atomic E-state index is 6.31. The number of aromatic nitrogens is 2. The normalized spacial score (nSPS) is 11.7. The number of benzene rings is 1. The third-order valence-electron chi connectivity index (χ3n) is 4.18. The Bertz CT molecular complexity index is 610. The summed E-state index contributed by atoms with van der Waals surface area (Å²) in [5.74, 6) is 0.823. The highest BCUT2D eigenvalue weighted by atomic mass is 79.9. The van der Waals surface area contributed by atoms with E-state index in [1.54, 1.807) is 0 Å². The zero-order valence-electron chi connectivity index (χ0n) is 12.7. The monoisotopic (exact) mass is 366 g/mol. The highest BCUT2D eigenvalue weighted by Crippen LogP contribution is 2.38. The van der Waals surface area contributed by atoms with Crippen molar-refractivity contribution in [3.63, 3.8) is 0 Å². The Morgan fingerprint density at radius 1 is 1.05 bits per heavy atom. The number of hydrogen-bond donors (Lipinski definition) is 0. The Kier molecular flexibility index (Phi) is 5.39. The van der Waals surface area contributed by atoms with E-state index in [4.69, 9.17) is 16.6 Å². The minimum absolute atomic E-state index is 0.185. The van der Waals surface area contributed by atoms with Crippen LogP contribution in [0.15, 0.2) is 34.8 Å². The summed E-state index contributed by atoms with van der Waals surface area (Å²) >= 11 is 9.79. The van der Waals surface area contributed by atoms with Gasteiger partial charge in [0.25, 0.3) is 0 Å². The third-order valence-corrected chi connectivity index (χ3v) is 5.51. The van der Waals surface area contributed by atoms with Crippen molar-refractivity contribution in [1.29, 1.82) is 0 Å². The molecule has 2 nitrogen and oxygen atoms in total. The molecule has 0 aliphatic carbocycles. The summed E-state index contributed by atoms with van der Waals surface area (Å²) < 4.78 is 0.810. The fourth-order valence-corrected chi connectivity index (χ4v) is 3.42. The van der Waals surface area contributed by atoms with Crippen molar-refractivity contribution in [2.75, 3.05) is 0 Å². The van der Waals surface area contributed by atoms with Crippen molar-refractivity contribution in [1.82, 2.24) is 9.97 Å². The summed E-state index contributed by atoms with van der Waals surface area (Å²) in [6.07, 6.45) is 2.71. The van der Waals surface area contributed by atoms with Crippen LogP contribution in [0.25, 0.3) is 0 Å². The van der Waals surface area contributed by atoms with Gasteiger partial charge in [0.15, 0.2) is 0 Å². The van der Waals surface area contributed by atoms with Gasteiger partial charge in [0, 0.05) is 0 Å². The quantitative estimate of drug-likeness (QED) is 0.646. The average molecular weight is 368 g/mol. The van der Waals surface area contributed by atoms with Crippen LogP contribution >= 0.6 is 27.5 Å². The largest absolute Gasteiger partial charge is 0.236 e. The molecule has 0 N–H and O–H groups in total. The predicted molar refractivity (Wildman–Crippen MR) is 91.9 cm³/mol. The van der Waals surface area contributed by atoms with E-state index < -0.39 is 0 Å². The molecule has 112 valence electrons. The molecule has 0 spiro atoms. The first-order valence-electron chi connectivity index (χ1n) is 7.37. The molecule has 0 saturated heterocycles. The molecule has 1 aromatic carbocycles. The Morgan fingerprint density at radius 3 is 2.19 bits per heavy atom. The molecule has 4 heteroatoms. The van der Waals surface area contributed by atoms with Crippen LogP contribution in [-0.2, 0) is 11.8 Å². The van der Waals surface area contributed by atoms with Crippen LogP contribution in [-0.4, -0.2) is 9.97 Å². The van der Waals surface area contributed by atoms with E-state index in [0.717, 1.165) is 35.3 Å². The van der Waals surface area contributed by atoms with Crippen molar-refractivity contribution in [3.8, 4) is 0 Å². The maximum atomic E-state index is 6.31. The van der Waals surface area contributed by atoms with E-state index in [-0.39, 0.29) is 5.41 Å². The molecule has 0 unspecified atom stereocenters. The molecule has 0 aliphatic rings. The van der Waals surface area contributed by atoms with Gasteiger partial charge in [-0.05, 0) is 40.8 Å². The van der Waals surface area contributed by atoms with Crippen molar-refractivity contribution in [2.24, 2.45) is 0 Å². The molecule has 1 aromatic heterocycles. The molecular weight excluding hydrogens is 348 g/mol. The predicted octanol–water partition coefficient (Wildman–Crippen LogP) is 5.56. The second-order valence-corrected chi connectivity index (χ2v) is 6.26. The third kappa shape index (κ3) is 3.00. The average Bonchev–Trinajstić information content (AvgIpc) is 2.53. The number of rotatable bonds is 5. The second kappa shape index (κ2) is 6.89. The van der Waals surface area contributed by atoms with Crippen LogP contribution in [0, 0.1) is 0 Å². The van der Waals surface area contributed by atoms with Gasteiger partial charge in [-0.1, -0.05) is 62.7 Å². The lowest BCUT2D eigenvalue weighted by Gasteiger charge is -2.31. The lowest BCUT2D eigenvalue weighted by atomic mass is 9.75. The highest BCUT2D eigenvalue weighted by molar-refractivity contribution is 9.10. The van der Waals surface area contributed by atoms with Crippen LogP contribution in [0.3, 0.4) is 0 Å². The molecule has 0 radical (unpaired) electrons. The van der Waals surface area contributed by atoms with Gasteiger partial charge in [0.2, 0.25) is 0 Å². The van der Waals surface area contributed by atoms with Gasteiger partial charge >= 0.3 is 0 Å². The van der Waals surface area contributed by atoms with Crippen LogP contribution in [0.4, 0.5) is 0 Å². The number of aryl methyl sites for hydroxylation is 1. The number of halogens is 2. The smallest absolute Gasteiger partial charge is 0.147 e. The van der Waals surface area contributed by atoms with Crippen molar-refractivity contribution < 1.29 is 0 Å². The van der Waals surface area contributed by atoms with E-state index in [1.165, 1.54) is 5.56 Å². The first-order chi connectivity index (χ1) is 10.1. The lowest BCUT2D eigenvalue weighted by Crippen LogP contribution is -2.29. The van der Waals surface area contributed by atoms with Crippen LogP contribution in [0.1, 0.15) is 50.7 Å². The van der Waals surface area contributed by atoms with Gasteiger partial charge in [0.05, 0.1) is 15.6 Å². The zero-order chi connectivity index (χ0) is 15.5. The van der Waals surface area contributed by atoms with Gasteiger partial charge in [-0.25, -0.2) is 9.97 Å². The lowest BCUT2D eigenvalue weighted by molar-refractivity contribution is 0.447. The summed E-state index contributed by atoms with van der Waals surface area (Å²) in [6, 6.07) is 10.5. The van der Waals surface area contributed by atoms with E-state index in [0.29, 0.717) is 5.15 Å². The van der Waals surface area contributed by atoms with E-state index in [2.05, 4.69) is 66.0 Å². The van der Waals surface area contributed by atoms with Crippen LogP contribution < -0.4 is 0 Å². The SMILES string of the molecule is CCc1nc(C(CC)(CC)c2ccccc2)nc(Cl)c1Br. The summed E-state index contributed by atoms with van der Waals surface area (Å²) in [7, 11) is 0. The molecule has 2 rings (SSSR count). The molecule has 0 amide bonds. The molecule has 1 heterocycles. The van der Waals surface area contributed by atoms with E-state index in [1.807, 2.05) is 6.07 Å². The summed E-state index contributed by atoms with van der Waals surface area (Å²) in [5, 5.41) is 0.499. The summed E-state index contributed by atoms with van der Waals surface area (Å²) in [4.78, 5) is 9.38. The van der Waals surface area contributed by atoms with Gasteiger partial charge in [-0.2, -0.15) is 0 Å². The molecule has 0 saturated carbocycles. The standard InChI is InChI=1S/C17H20BrClN2/c1-4-13-14(18)15(19)21-16(20-13)17(5-2,6-3)12-10-8-7-9-11-12/h7-11H,4-6H2,1-3H3. The molecule has 2 aromatic rings. The molecule has 0 fully saturated rings. The van der Waals surface area contributed by atoms with Crippen molar-refractivity contribution in [2.45, 2.75) is 45.4 Å². The Balaban J connectivity index is 2.66. The first kappa shape index (κ1) is 16.4. The summed E-state index contributed by atoms with van der Waals surface area (Å²) in [6.45, 7) is 6.44. The molecule has 0 atom stereocenters. The minimum Gasteiger partial charge on any atom is -0.236 e. The Morgan fingerprint density at radius 2 is 1.67 bits per heavy atom. The Labute approximate surface area is 140 Å². The minimum atomic E-state index is -0.185. The van der Waals surface area contributed by atoms with Gasteiger partial charge in [0.1, 0.15) is 11.0 Å². The number of nitrogens with zero attached hydrogens (tertiary/aromatic N) is 2. The van der Waals surface area contributed by atoms with Crippen molar-refractivity contribution in [3.05, 3.63) is 57.0 Å². The maximum Gasteiger partial charge on any atom is 0.147 e. The van der Waals surface area contributed by atoms with Gasteiger partial charge < -0.3 is 0 Å². The Hall–Kier alpha value is -0.930. The fourth-order valence-electron chi connectivity index (χ4n) is 2.77. The highest BCUT2D eigenvalue weighted by Gasteiger charge is 2.34. The molecule has 21 heavy (non-hydrogen) atoms. The fraction of sp³-hybridized carbons (Fsp3) is 0.412. The molecule has 0 bridgehead atoms. The van der Waals surface area contributed by atoms with Gasteiger partial charge in [-0.15, -0.1) is 0 Å². The molecule has 0 aliphatic heterocycles. The van der Waals surface area contributed by atoms with Crippen LogP contribution in [0.2, 0.25) is 5.15 Å².